The van der Waals surface area contributed by atoms with Crippen molar-refractivity contribution in [1.29, 1.82) is 0 Å². The number of halogens is 3. The average Bonchev–Trinajstić information content (AvgIpc) is 2.97. The van der Waals surface area contributed by atoms with E-state index in [0.29, 0.717) is 19.1 Å². The minimum atomic E-state index is -4.42. The first kappa shape index (κ1) is 14.5. The topological polar surface area (TPSA) is 44.3 Å². The Morgan fingerprint density at radius 2 is 1.95 bits per heavy atom. The summed E-state index contributed by atoms with van der Waals surface area (Å²) in [6.45, 7) is 5.31. The van der Waals surface area contributed by atoms with Gasteiger partial charge in [0.1, 0.15) is 5.69 Å². The number of piperazine rings is 1. The van der Waals surface area contributed by atoms with Crippen LogP contribution in [0.4, 0.5) is 19.1 Å². The van der Waals surface area contributed by atoms with Crippen molar-refractivity contribution in [3.05, 3.63) is 18.0 Å². The third-order valence-corrected chi connectivity index (χ3v) is 4.05. The molecule has 3 rings (SSSR count). The quantitative estimate of drug-likeness (QED) is 0.882. The SMILES string of the molecule is FC(F)(F)c1ccnc(N2CCC(N3CCNCC3)C2)n1. The molecule has 21 heavy (non-hydrogen) atoms. The molecule has 1 atom stereocenters. The Hall–Kier alpha value is -1.41. The minimum Gasteiger partial charge on any atom is -0.339 e. The van der Waals surface area contributed by atoms with Gasteiger partial charge in [0.25, 0.3) is 0 Å². The number of alkyl halides is 3. The highest BCUT2D eigenvalue weighted by atomic mass is 19.4. The Morgan fingerprint density at radius 1 is 1.19 bits per heavy atom. The maximum Gasteiger partial charge on any atom is 0.433 e. The van der Waals surface area contributed by atoms with Crippen LogP contribution in [0.3, 0.4) is 0 Å². The van der Waals surface area contributed by atoms with Gasteiger partial charge in [-0.25, -0.2) is 9.97 Å². The van der Waals surface area contributed by atoms with Crippen LogP contribution in [0.15, 0.2) is 12.3 Å². The molecule has 1 aromatic heterocycles. The normalized spacial score (nSPS) is 24.5. The van der Waals surface area contributed by atoms with E-state index in [1.807, 2.05) is 4.90 Å². The van der Waals surface area contributed by atoms with Gasteiger partial charge in [-0.3, -0.25) is 4.90 Å². The van der Waals surface area contributed by atoms with Crippen LogP contribution >= 0.6 is 0 Å². The van der Waals surface area contributed by atoms with Crippen molar-refractivity contribution in [2.45, 2.75) is 18.6 Å². The molecule has 116 valence electrons. The number of nitrogens with zero attached hydrogens (tertiary/aromatic N) is 4. The van der Waals surface area contributed by atoms with Crippen LogP contribution in [-0.4, -0.2) is 60.2 Å². The monoisotopic (exact) mass is 301 g/mol. The maximum absolute atomic E-state index is 12.7. The largest absolute Gasteiger partial charge is 0.433 e. The van der Waals surface area contributed by atoms with Crippen molar-refractivity contribution >= 4 is 5.95 Å². The molecule has 8 heteroatoms. The highest BCUT2D eigenvalue weighted by molar-refractivity contribution is 5.33. The van der Waals surface area contributed by atoms with Gasteiger partial charge in [0.2, 0.25) is 5.95 Å². The van der Waals surface area contributed by atoms with Crippen LogP contribution in [0.1, 0.15) is 12.1 Å². The van der Waals surface area contributed by atoms with Crippen LogP contribution in [-0.2, 0) is 6.18 Å². The molecule has 0 amide bonds. The number of nitrogens with one attached hydrogen (secondary N) is 1. The molecule has 1 aromatic rings. The first-order chi connectivity index (χ1) is 10.0. The van der Waals surface area contributed by atoms with Crippen molar-refractivity contribution < 1.29 is 13.2 Å². The number of anilines is 1. The summed E-state index contributed by atoms with van der Waals surface area (Å²) >= 11 is 0. The van der Waals surface area contributed by atoms with Gasteiger partial charge in [0.05, 0.1) is 0 Å². The summed E-state index contributed by atoms with van der Waals surface area (Å²) in [6, 6.07) is 1.29. The Morgan fingerprint density at radius 3 is 2.67 bits per heavy atom. The average molecular weight is 301 g/mol. The summed E-state index contributed by atoms with van der Waals surface area (Å²) in [5, 5.41) is 3.30. The second kappa shape index (κ2) is 5.76. The zero-order valence-corrected chi connectivity index (χ0v) is 11.6. The Labute approximate surface area is 121 Å². The minimum absolute atomic E-state index is 0.183. The summed E-state index contributed by atoms with van der Waals surface area (Å²) in [7, 11) is 0. The van der Waals surface area contributed by atoms with E-state index < -0.39 is 11.9 Å². The number of hydrogen-bond donors (Lipinski definition) is 1. The molecule has 2 saturated heterocycles. The predicted molar refractivity (Wildman–Crippen MR) is 72.1 cm³/mol. The van der Waals surface area contributed by atoms with E-state index in [9.17, 15) is 13.2 Å². The van der Waals surface area contributed by atoms with Crippen LogP contribution in [0.25, 0.3) is 0 Å². The van der Waals surface area contributed by atoms with Crippen LogP contribution in [0, 0.1) is 0 Å². The lowest BCUT2D eigenvalue weighted by molar-refractivity contribution is -0.141. The molecule has 0 bridgehead atoms. The van der Waals surface area contributed by atoms with Gasteiger partial charge < -0.3 is 10.2 Å². The summed E-state index contributed by atoms with van der Waals surface area (Å²) in [4.78, 5) is 11.9. The van der Waals surface area contributed by atoms with Crippen molar-refractivity contribution in [2.75, 3.05) is 44.2 Å². The standard InChI is InChI=1S/C13H18F3N5/c14-13(15,16)11-1-3-18-12(19-11)21-6-2-10(9-21)20-7-4-17-5-8-20/h1,3,10,17H,2,4-9H2. The second-order valence-electron chi connectivity index (χ2n) is 5.41. The fraction of sp³-hybridized carbons (Fsp3) is 0.692. The molecule has 0 saturated carbocycles. The second-order valence-corrected chi connectivity index (χ2v) is 5.41. The van der Waals surface area contributed by atoms with E-state index in [4.69, 9.17) is 0 Å². The molecule has 2 aliphatic rings. The first-order valence-corrected chi connectivity index (χ1v) is 7.14. The molecule has 3 heterocycles. The third-order valence-electron chi connectivity index (χ3n) is 4.05. The summed E-state index contributed by atoms with van der Waals surface area (Å²) in [5.41, 5.74) is -0.877. The Bertz CT molecular complexity index is 487. The lowest BCUT2D eigenvalue weighted by atomic mass is 10.2. The highest BCUT2D eigenvalue weighted by Gasteiger charge is 2.34. The van der Waals surface area contributed by atoms with E-state index in [1.54, 1.807) is 0 Å². The fourth-order valence-corrected chi connectivity index (χ4v) is 2.93. The lowest BCUT2D eigenvalue weighted by Crippen LogP contribution is -2.49. The lowest BCUT2D eigenvalue weighted by Gasteiger charge is -2.32. The molecule has 1 N–H and O–H groups in total. The van der Waals surface area contributed by atoms with E-state index in [2.05, 4.69) is 20.2 Å². The molecule has 0 spiro atoms. The van der Waals surface area contributed by atoms with Crippen molar-refractivity contribution in [1.82, 2.24) is 20.2 Å². The van der Waals surface area contributed by atoms with Crippen molar-refractivity contribution in [3.63, 3.8) is 0 Å². The van der Waals surface area contributed by atoms with Gasteiger partial charge in [-0.15, -0.1) is 0 Å². The van der Waals surface area contributed by atoms with Crippen molar-refractivity contribution in [2.24, 2.45) is 0 Å². The van der Waals surface area contributed by atoms with Gasteiger partial charge >= 0.3 is 6.18 Å². The van der Waals surface area contributed by atoms with Gasteiger partial charge in [-0.05, 0) is 12.5 Å². The van der Waals surface area contributed by atoms with Gasteiger partial charge in [-0.1, -0.05) is 0 Å². The maximum atomic E-state index is 12.7. The van der Waals surface area contributed by atoms with Crippen LogP contribution in [0.5, 0.6) is 0 Å². The van der Waals surface area contributed by atoms with Gasteiger partial charge in [0, 0.05) is 51.5 Å². The zero-order chi connectivity index (χ0) is 14.9. The van der Waals surface area contributed by atoms with Gasteiger partial charge in [0.15, 0.2) is 0 Å². The van der Waals surface area contributed by atoms with Crippen LogP contribution < -0.4 is 10.2 Å². The molecule has 5 nitrogen and oxygen atoms in total. The Balaban J connectivity index is 1.68. The van der Waals surface area contributed by atoms with Gasteiger partial charge in [-0.2, -0.15) is 13.2 Å². The molecular weight excluding hydrogens is 283 g/mol. The molecule has 2 aliphatic heterocycles. The van der Waals surface area contributed by atoms with E-state index in [1.165, 1.54) is 6.20 Å². The molecule has 2 fully saturated rings. The van der Waals surface area contributed by atoms with E-state index in [0.717, 1.165) is 38.7 Å². The summed E-state index contributed by atoms with van der Waals surface area (Å²) < 4.78 is 38.1. The summed E-state index contributed by atoms with van der Waals surface area (Å²) in [6.07, 6.45) is -2.29. The molecule has 0 aromatic carbocycles. The molecular formula is C13H18F3N5. The molecule has 0 radical (unpaired) electrons. The molecule has 1 unspecified atom stereocenters. The van der Waals surface area contributed by atoms with Crippen LogP contribution in [0.2, 0.25) is 0 Å². The third kappa shape index (κ3) is 3.26. The smallest absolute Gasteiger partial charge is 0.339 e. The highest BCUT2D eigenvalue weighted by Crippen LogP contribution is 2.29. The predicted octanol–water partition coefficient (Wildman–Crippen LogP) is 0.979. The fourth-order valence-electron chi connectivity index (χ4n) is 2.93. The van der Waals surface area contributed by atoms with Crippen molar-refractivity contribution in [3.8, 4) is 0 Å². The number of rotatable bonds is 2. The summed E-state index contributed by atoms with van der Waals surface area (Å²) in [5.74, 6) is 0.183. The zero-order valence-electron chi connectivity index (χ0n) is 11.6. The first-order valence-electron chi connectivity index (χ1n) is 7.14. The van der Waals surface area contributed by atoms with E-state index in [-0.39, 0.29) is 5.95 Å². The van der Waals surface area contributed by atoms with E-state index >= 15 is 0 Å². The molecule has 0 aliphatic carbocycles. The Kier molecular flexibility index (Phi) is 3.99. The number of aromatic nitrogens is 2. The number of hydrogen-bond acceptors (Lipinski definition) is 5.